The van der Waals surface area contributed by atoms with Crippen LogP contribution < -0.4 is 14.7 Å². The van der Waals surface area contributed by atoms with Gasteiger partial charge in [0.2, 0.25) is 0 Å². The maximum atomic E-state index is 8.55. The second-order valence-corrected chi connectivity index (χ2v) is 6.14. The molecule has 0 heterocycles. The molecule has 0 rings (SSSR count). The molecular formula is C12H30NO4P. The van der Waals surface area contributed by atoms with Crippen molar-refractivity contribution in [1.82, 2.24) is 0 Å². The van der Waals surface area contributed by atoms with Gasteiger partial charge in [-0.25, -0.2) is 0 Å². The monoisotopic (exact) mass is 283 g/mol. The largest absolute Gasteiger partial charge is 1.00 e. The molecular weight excluding hydrogens is 253 g/mol. The number of rotatable bonds is 8. The zero-order chi connectivity index (χ0) is 14.7. The van der Waals surface area contributed by atoms with E-state index >= 15 is 0 Å². The van der Waals surface area contributed by atoms with Crippen LogP contribution >= 0.6 is 7.82 Å². The summed E-state index contributed by atoms with van der Waals surface area (Å²) in [6.07, 6.45) is 8.28. The maximum Gasteiger partial charge on any atom is 1.00 e. The molecule has 18 heavy (non-hydrogen) atoms. The molecule has 0 aliphatic rings. The van der Waals surface area contributed by atoms with Crippen molar-refractivity contribution in [2.24, 2.45) is 0 Å². The van der Waals surface area contributed by atoms with Gasteiger partial charge in [0, 0.05) is 0 Å². The number of phosphoric acid groups is 1. The molecule has 0 aromatic rings. The SMILES string of the molecule is CCCCC[N+](C)(C)CCCCC.O=P([O-])([O-])[O-].[H+].[H+]. The van der Waals surface area contributed by atoms with Crippen molar-refractivity contribution in [1.29, 1.82) is 0 Å². The van der Waals surface area contributed by atoms with Crippen LogP contribution in [-0.4, -0.2) is 31.7 Å². The van der Waals surface area contributed by atoms with Crippen molar-refractivity contribution in [2.45, 2.75) is 52.4 Å². The summed E-state index contributed by atoms with van der Waals surface area (Å²) in [7, 11) is -0.656. The van der Waals surface area contributed by atoms with Crippen LogP contribution in [0.5, 0.6) is 0 Å². The normalized spacial score (nSPS) is 11.9. The lowest BCUT2D eigenvalue weighted by atomic mass is 10.2. The Morgan fingerprint density at radius 2 is 1.17 bits per heavy atom. The third kappa shape index (κ3) is 25.1. The molecule has 0 radical (unpaired) electrons. The van der Waals surface area contributed by atoms with Crippen molar-refractivity contribution in [3.05, 3.63) is 0 Å². The van der Waals surface area contributed by atoms with Gasteiger partial charge in [-0.2, -0.15) is 7.82 Å². The average molecular weight is 283 g/mol. The standard InChI is InChI=1S/C12H28N.H3O4P/c1-5-7-9-11-13(3,4)12-10-8-6-2;1-5(2,3)4/h5-12H2,1-4H3;(H3,1,2,3,4)/q+1;/p-1. The molecule has 0 aliphatic carbocycles. The molecule has 0 unspecified atom stereocenters. The molecule has 0 fully saturated rings. The van der Waals surface area contributed by atoms with Gasteiger partial charge in [-0.1, -0.05) is 26.7 Å². The zero-order valence-electron chi connectivity index (χ0n) is 14.2. The fourth-order valence-corrected chi connectivity index (χ4v) is 1.69. The van der Waals surface area contributed by atoms with Gasteiger partial charge in [0.15, 0.2) is 0 Å². The number of hydrogen-bond donors (Lipinski definition) is 0. The molecule has 0 aromatic carbocycles. The maximum absolute atomic E-state index is 8.55. The summed E-state index contributed by atoms with van der Waals surface area (Å²) < 4.78 is 9.77. The van der Waals surface area contributed by atoms with E-state index in [9.17, 15) is 0 Å². The van der Waals surface area contributed by atoms with E-state index in [1.165, 1.54) is 56.1 Å². The number of nitrogens with zero attached hydrogens (tertiary/aromatic N) is 1. The van der Waals surface area contributed by atoms with Gasteiger partial charge in [-0.05, 0) is 25.7 Å². The minimum atomic E-state index is -5.39. The first-order valence-electron chi connectivity index (χ1n) is 6.67. The summed E-state index contributed by atoms with van der Waals surface area (Å²) >= 11 is 0. The Balaban J connectivity index is -0.000000158. The molecule has 112 valence electrons. The van der Waals surface area contributed by atoms with Gasteiger partial charge in [0.1, 0.15) is 0 Å². The van der Waals surface area contributed by atoms with Gasteiger partial charge in [-0.3, -0.25) is 0 Å². The van der Waals surface area contributed by atoms with E-state index in [0.29, 0.717) is 0 Å². The Hall–Kier alpha value is 0.0700. The lowest BCUT2D eigenvalue weighted by Crippen LogP contribution is -2.41. The van der Waals surface area contributed by atoms with E-state index in [2.05, 4.69) is 27.9 Å². The third-order valence-corrected chi connectivity index (χ3v) is 2.73. The summed E-state index contributed by atoms with van der Waals surface area (Å²) in [6.45, 7) is 7.27. The first-order chi connectivity index (χ1) is 8.12. The molecule has 0 spiro atoms. The number of hydrogen-bond acceptors (Lipinski definition) is 4. The number of unbranched alkanes of at least 4 members (excludes halogenated alkanes) is 4. The molecule has 0 aliphatic heterocycles. The Morgan fingerprint density at radius 1 is 0.889 bits per heavy atom. The van der Waals surface area contributed by atoms with Crippen LogP contribution in [0.1, 0.15) is 55.2 Å². The van der Waals surface area contributed by atoms with Crippen LogP contribution in [0.25, 0.3) is 0 Å². The Kier molecular flexibility index (Phi) is 12.4. The predicted molar refractivity (Wildman–Crippen MR) is 70.7 cm³/mol. The smallest absolute Gasteiger partial charge is 0.822 e. The van der Waals surface area contributed by atoms with Gasteiger partial charge in [0.05, 0.1) is 27.2 Å². The highest BCUT2D eigenvalue weighted by Gasteiger charge is 2.12. The van der Waals surface area contributed by atoms with E-state index < -0.39 is 7.82 Å². The van der Waals surface area contributed by atoms with Crippen molar-refractivity contribution in [3.63, 3.8) is 0 Å². The fourth-order valence-electron chi connectivity index (χ4n) is 1.69. The van der Waals surface area contributed by atoms with Crippen molar-refractivity contribution in [3.8, 4) is 0 Å². The highest BCUT2D eigenvalue weighted by Crippen LogP contribution is 2.06. The number of quaternary nitrogens is 1. The van der Waals surface area contributed by atoms with E-state index in [1.54, 1.807) is 0 Å². The third-order valence-electron chi connectivity index (χ3n) is 2.73. The molecule has 0 amide bonds. The lowest BCUT2D eigenvalue weighted by Gasteiger charge is -2.36. The lowest BCUT2D eigenvalue weighted by molar-refractivity contribution is -0.890. The van der Waals surface area contributed by atoms with Gasteiger partial charge >= 0.3 is 2.85 Å². The van der Waals surface area contributed by atoms with E-state index in [4.69, 9.17) is 19.2 Å². The second-order valence-electron chi connectivity index (χ2n) is 5.24. The van der Waals surface area contributed by atoms with Crippen LogP contribution in [0, 0.1) is 0 Å². The zero-order valence-corrected chi connectivity index (χ0v) is 13.1. The molecule has 0 N–H and O–H groups in total. The Bertz CT molecular complexity index is 217. The van der Waals surface area contributed by atoms with Crippen LogP contribution in [0.15, 0.2) is 0 Å². The Morgan fingerprint density at radius 3 is 1.39 bits per heavy atom. The molecule has 6 heteroatoms. The summed E-state index contributed by atoms with van der Waals surface area (Å²) in [5.41, 5.74) is 0. The van der Waals surface area contributed by atoms with Crippen molar-refractivity contribution < 1.29 is 26.6 Å². The topological polar surface area (TPSA) is 86.2 Å². The summed E-state index contributed by atoms with van der Waals surface area (Å²) in [5, 5.41) is 0. The molecule has 0 aromatic heterocycles. The van der Waals surface area contributed by atoms with Crippen molar-refractivity contribution >= 4 is 7.82 Å². The summed E-state index contributed by atoms with van der Waals surface area (Å²) in [4.78, 5) is 25.6. The highest BCUT2D eigenvalue weighted by atomic mass is 31.2. The fraction of sp³-hybridized carbons (Fsp3) is 1.00. The van der Waals surface area contributed by atoms with Crippen molar-refractivity contribution in [2.75, 3.05) is 27.2 Å². The van der Waals surface area contributed by atoms with Gasteiger partial charge < -0.3 is 23.7 Å². The highest BCUT2D eigenvalue weighted by molar-refractivity contribution is 7.40. The van der Waals surface area contributed by atoms with E-state index in [0.717, 1.165) is 0 Å². The minimum Gasteiger partial charge on any atom is -0.822 e. The average Bonchev–Trinajstić information content (AvgIpc) is 2.15. The van der Waals surface area contributed by atoms with Crippen LogP contribution in [0.3, 0.4) is 0 Å². The molecule has 0 bridgehead atoms. The molecule has 0 saturated carbocycles. The molecule has 0 saturated heterocycles. The molecule has 0 atom stereocenters. The van der Waals surface area contributed by atoms with Crippen LogP contribution in [-0.2, 0) is 4.57 Å². The molecule has 5 nitrogen and oxygen atoms in total. The van der Waals surface area contributed by atoms with E-state index in [-0.39, 0.29) is 2.85 Å². The Labute approximate surface area is 115 Å². The quantitative estimate of drug-likeness (QED) is 0.375. The van der Waals surface area contributed by atoms with Crippen LogP contribution in [0.2, 0.25) is 0 Å². The predicted octanol–water partition coefficient (Wildman–Crippen LogP) is 0.844. The summed E-state index contributed by atoms with van der Waals surface area (Å²) in [5.74, 6) is 0. The van der Waals surface area contributed by atoms with Crippen LogP contribution in [0.4, 0.5) is 0 Å². The van der Waals surface area contributed by atoms with Gasteiger partial charge in [-0.15, -0.1) is 0 Å². The summed E-state index contributed by atoms with van der Waals surface area (Å²) in [6, 6.07) is 0. The first-order valence-corrected chi connectivity index (χ1v) is 8.13. The minimum absolute atomic E-state index is 0. The first kappa shape index (κ1) is 20.4. The van der Waals surface area contributed by atoms with E-state index in [1.807, 2.05) is 0 Å². The van der Waals surface area contributed by atoms with Gasteiger partial charge in [0.25, 0.3) is 0 Å². The second kappa shape index (κ2) is 10.9.